The molecule has 1 aromatic carbocycles. The molecule has 1 saturated carbocycles. The average molecular weight is 290 g/mol. The van der Waals surface area contributed by atoms with Gasteiger partial charge in [0.15, 0.2) is 0 Å². The summed E-state index contributed by atoms with van der Waals surface area (Å²) in [7, 11) is 3.94. The largest absolute Gasteiger partial charge is 0.497 e. The van der Waals surface area contributed by atoms with E-state index in [2.05, 4.69) is 24.1 Å². The van der Waals surface area contributed by atoms with E-state index in [4.69, 9.17) is 10.5 Å². The lowest BCUT2D eigenvalue weighted by molar-refractivity contribution is 0.0865. The number of methoxy groups -OCH3 is 1. The molecule has 2 rings (SSSR count). The molecule has 0 unspecified atom stereocenters. The van der Waals surface area contributed by atoms with Crippen molar-refractivity contribution in [3.63, 3.8) is 0 Å². The normalized spacial score (nSPS) is 19.0. The number of likely N-dealkylation sites (N-methyl/N-ethyl adjacent to an activating group) is 1. The summed E-state index contributed by atoms with van der Waals surface area (Å²) in [6.07, 6.45) is 9.19. The summed E-state index contributed by atoms with van der Waals surface area (Å²) in [4.78, 5) is 2.49. The van der Waals surface area contributed by atoms with Crippen molar-refractivity contribution in [3.05, 3.63) is 29.8 Å². The van der Waals surface area contributed by atoms with E-state index in [1.54, 1.807) is 7.11 Å². The molecule has 0 amide bonds. The van der Waals surface area contributed by atoms with Crippen LogP contribution < -0.4 is 10.5 Å². The third kappa shape index (κ3) is 4.21. The fraction of sp³-hybridized carbons (Fsp3) is 0.667. The zero-order valence-electron chi connectivity index (χ0n) is 13.6. The molecule has 0 saturated heterocycles. The van der Waals surface area contributed by atoms with E-state index in [-0.39, 0.29) is 5.54 Å². The second kappa shape index (κ2) is 7.81. The summed E-state index contributed by atoms with van der Waals surface area (Å²) in [6, 6.07) is 8.39. The van der Waals surface area contributed by atoms with Gasteiger partial charge in [-0.3, -0.25) is 4.90 Å². The van der Waals surface area contributed by atoms with Gasteiger partial charge in [0, 0.05) is 18.6 Å². The molecule has 2 N–H and O–H groups in total. The van der Waals surface area contributed by atoms with Crippen molar-refractivity contribution in [1.29, 1.82) is 0 Å². The second-order valence-electron chi connectivity index (χ2n) is 6.40. The zero-order valence-corrected chi connectivity index (χ0v) is 13.6. The van der Waals surface area contributed by atoms with Crippen LogP contribution in [0.3, 0.4) is 0 Å². The van der Waals surface area contributed by atoms with Crippen LogP contribution in [0.15, 0.2) is 24.3 Å². The SMILES string of the molecule is COc1ccc(CN(C)C2(CN)CCCCCCC2)cc1. The van der Waals surface area contributed by atoms with Crippen LogP contribution in [0, 0.1) is 0 Å². The van der Waals surface area contributed by atoms with Gasteiger partial charge in [-0.25, -0.2) is 0 Å². The minimum Gasteiger partial charge on any atom is -0.497 e. The van der Waals surface area contributed by atoms with Crippen molar-refractivity contribution < 1.29 is 4.74 Å². The van der Waals surface area contributed by atoms with Gasteiger partial charge in [-0.05, 0) is 37.6 Å². The second-order valence-corrected chi connectivity index (χ2v) is 6.40. The number of nitrogens with two attached hydrogens (primary N) is 1. The first-order valence-corrected chi connectivity index (χ1v) is 8.24. The van der Waals surface area contributed by atoms with Gasteiger partial charge in [-0.15, -0.1) is 0 Å². The highest BCUT2D eigenvalue weighted by Gasteiger charge is 2.32. The first-order chi connectivity index (χ1) is 10.2. The number of benzene rings is 1. The molecule has 0 aliphatic heterocycles. The van der Waals surface area contributed by atoms with Crippen molar-refractivity contribution >= 4 is 0 Å². The smallest absolute Gasteiger partial charge is 0.118 e. The van der Waals surface area contributed by atoms with Crippen molar-refractivity contribution in [1.82, 2.24) is 4.90 Å². The van der Waals surface area contributed by atoms with Crippen LogP contribution in [0.1, 0.15) is 50.5 Å². The van der Waals surface area contributed by atoms with E-state index in [0.29, 0.717) is 0 Å². The van der Waals surface area contributed by atoms with Gasteiger partial charge in [0.25, 0.3) is 0 Å². The van der Waals surface area contributed by atoms with Crippen LogP contribution in [0.4, 0.5) is 0 Å². The third-order valence-electron chi connectivity index (χ3n) is 5.05. The van der Waals surface area contributed by atoms with Crippen LogP contribution >= 0.6 is 0 Å². The molecule has 0 bridgehead atoms. The summed E-state index contributed by atoms with van der Waals surface area (Å²) in [6.45, 7) is 1.72. The Balaban J connectivity index is 2.04. The van der Waals surface area contributed by atoms with E-state index in [1.807, 2.05) is 12.1 Å². The first kappa shape index (κ1) is 16.3. The fourth-order valence-corrected chi connectivity index (χ4v) is 3.48. The molecular weight excluding hydrogens is 260 g/mol. The molecule has 1 aromatic rings. The maximum Gasteiger partial charge on any atom is 0.118 e. The summed E-state index contributed by atoms with van der Waals surface area (Å²) < 4.78 is 5.23. The van der Waals surface area contributed by atoms with E-state index < -0.39 is 0 Å². The van der Waals surface area contributed by atoms with Crippen LogP contribution in [0.5, 0.6) is 5.75 Å². The number of hydrogen-bond donors (Lipinski definition) is 1. The Morgan fingerprint density at radius 3 is 2.14 bits per heavy atom. The molecule has 0 atom stereocenters. The van der Waals surface area contributed by atoms with Gasteiger partial charge >= 0.3 is 0 Å². The van der Waals surface area contributed by atoms with Gasteiger partial charge in [-0.1, -0.05) is 44.2 Å². The van der Waals surface area contributed by atoms with Gasteiger partial charge in [-0.2, -0.15) is 0 Å². The van der Waals surface area contributed by atoms with Crippen molar-refractivity contribution in [2.24, 2.45) is 5.73 Å². The van der Waals surface area contributed by atoms with E-state index >= 15 is 0 Å². The highest BCUT2D eigenvalue weighted by molar-refractivity contribution is 5.27. The van der Waals surface area contributed by atoms with Gasteiger partial charge < -0.3 is 10.5 Å². The van der Waals surface area contributed by atoms with Crippen LogP contribution in [0.2, 0.25) is 0 Å². The predicted octanol–water partition coefficient (Wildman–Crippen LogP) is 3.57. The number of rotatable bonds is 5. The number of nitrogens with zero attached hydrogens (tertiary/aromatic N) is 1. The van der Waals surface area contributed by atoms with Gasteiger partial charge in [0.05, 0.1) is 7.11 Å². The predicted molar refractivity (Wildman–Crippen MR) is 88.6 cm³/mol. The average Bonchev–Trinajstić information content (AvgIpc) is 2.48. The Bertz CT molecular complexity index is 408. The Kier molecular flexibility index (Phi) is 6.07. The lowest BCUT2D eigenvalue weighted by Crippen LogP contribution is -2.52. The summed E-state index contributed by atoms with van der Waals surface area (Å²) >= 11 is 0. The Hall–Kier alpha value is -1.06. The molecule has 3 nitrogen and oxygen atoms in total. The molecule has 1 fully saturated rings. The van der Waals surface area contributed by atoms with Crippen molar-refractivity contribution in [3.8, 4) is 5.75 Å². The molecule has 21 heavy (non-hydrogen) atoms. The van der Waals surface area contributed by atoms with Gasteiger partial charge in [0.1, 0.15) is 5.75 Å². The Labute approximate surface area is 129 Å². The van der Waals surface area contributed by atoms with E-state index in [9.17, 15) is 0 Å². The third-order valence-corrected chi connectivity index (χ3v) is 5.05. The Morgan fingerprint density at radius 1 is 1.05 bits per heavy atom. The minimum atomic E-state index is 0.181. The highest BCUT2D eigenvalue weighted by atomic mass is 16.5. The van der Waals surface area contributed by atoms with Crippen LogP contribution in [0.25, 0.3) is 0 Å². The Morgan fingerprint density at radius 2 is 1.62 bits per heavy atom. The molecule has 1 aliphatic carbocycles. The number of ether oxygens (including phenoxy) is 1. The van der Waals surface area contributed by atoms with E-state index in [1.165, 1.54) is 50.5 Å². The molecule has 1 aliphatic rings. The van der Waals surface area contributed by atoms with E-state index in [0.717, 1.165) is 18.8 Å². The molecule has 0 radical (unpaired) electrons. The quantitative estimate of drug-likeness (QED) is 0.901. The zero-order chi connectivity index (χ0) is 15.1. The molecular formula is C18H30N2O. The minimum absolute atomic E-state index is 0.181. The number of hydrogen-bond acceptors (Lipinski definition) is 3. The van der Waals surface area contributed by atoms with Crippen molar-refractivity contribution in [2.75, 3.05) is 20.7 Å². The molecule has 3 heteroatoms. The summed E-state index contributed by atoms with van der Waals surface area (Å²) in [5.41, 5.74) is 7.71. The monoisotopic (exact) mass is 290 g/mol. The van der Waals surface area contributed by atoms with Crippen LogP contribution in [-0.2, 0) is 6.54 Å². The lowest BCUT2D eigenvalue weighted by Gasteiger charge is -2.43. The standard InChI is InChI=1S/C18H30N2O/c1-20(14-16-8-10-17(21-2)11-9-16)18(15-19)12-6-4-3-5-7-13-18/h8-11H,3-7,12-15,19H2,1-2H3. The maximum atomic E-state index is 6.20. The van der Waals surface area contributed by atoms with Crippen LogP contribution in [-0.4, -0.2) is 31.1 Å². The van der Waals surface area contributed by atoms with Gasteiger partial charge in [0.2, 0.25) is 0 Å². The molecule has 0 aromatic heterocycles. The molecule has 0 spiro atoms. The highest BCUT2D eigenvalue weighted by Crippen LogP contribution is 2.31. The first-order valence-electron chi connectivity index (χ1n) is 8.24. The summed E-state index contributed by atoms with van der Waals surface area (Å²) in [5.74, 6) is 0.917. The molecule has 0 heterocycles. The maximum absolute atomic E-state index is 6.20. The summed E-state index contributed by atoms with van der Waals surface area (Å²) in [5, 5.41) is 0. The lowest BCUT2D eigenvalue weighted by atomic mass is 9.82. The fourth-order valence-electron chi connectivity index (χ4n) is 3.48. The van der Waals surface area contributed by atoms with Crippen molar-refractivity contribution in [2.45, 2.75) is 57.0 Å². The molecule has 118 valence electrons. The topological polar surface area (TPSA) is 38.5 Å².